The number of hydrogen-bond donors (Lipinski definition) is 3. The lowest BCUT2D eigenvalue weighted by molar-refractivity contribution is 0.0695. The number of carbonyl (C=O) groups is 1. The Balaban J connectivity index is 3.31. The Hall–Kier alpha value is -0.915. The maximum Gasteiger partial charge on any atom is 0.491 e. The lowest BCUT2D eigenvalue weighted by Crippen LogP contribution is -2.33. The van der Waals surface area contributed by atoms with E-state index in [1.54, 1.807) is 0 Å². The predicted molar refractivity (Wildman–Crippen MR) is 50.9 cm³/mol. The molecule has 0 bridgehead atoms. The van der Waals surface area contributed by atoms with E-state index in [2.05, 4.69) is 15.9 Å². The smallest absolute Gasteiger partial charge is 0.478 e. The largest absolute Gasteiger partial charge is 0.491 e. The van der Waals surface area contributed by atoms with Crippen molar-refractivity contribution in [1.82, 2.24) is 0 Å². The zero-order chi connectivity index (χ0) is 10.9. The molecule has 1 aromatic rings. The molecule has 0 aliphatic rings. The lowest BCUT2D eigenvalue weighted by atomic mass is 9.79. The predicted octanol–water partition coefficient (Wildman–Crippen LogP) is -0.0338. The molecule has 0 unspecified atom stereocenters. The van der Waals surface area contributed by atoms with E-state index in [0.717, 1.165) is 12.1 Å². The number of rotatable bonds is 2. The molecule has 14 heavy (non-hydrogen) atoms. The van der Waals surface area contributed by atoms with Crippen LogP contribution in [0.5, 0.6) is 0 Å². The van der Waals surface area contributed by atoms with Crippen molar-refractivity contribution in [3.05, 3.63) is 28.0 Å². The molecule has 1 aromatic carbocycles. The molecule has 4 nitrogen and oxygen atoms in total. The van der Waals surface area contributed by atoms with Gasteiger partial charge in [0.15, 0.2) is 0 Å². The van der Waals surface area contributed by atoms with Crippen molar-refractivity contribution in [3.8, 4) is 0 Å². The molecule has 0 amide bonds. The van der Waals surface area contributed by atoms with Crippen LogP contribution in [0.4, 0.5) is 4.39 Å². The van der Waals surface area contributed by atoms with Gasteiger partial charge in [0.05, 0.1) is 5.56 Å². The van der Waals surface area contributed by atoms with Gasteiger partial charge in [-0.05, 0) is 28.1 Å². The van der Waals surface area contributed by atoms with Gasteiger partial charge < -0.3 is 15.2 Å². The first-order valence-corrected chi connectivity index (χ1v) is 4.31. The molecule has 0 saturated carbocycles. The average Bonchev–Trinajstić information content (AvgIpc) is 2.07. The van der Waals surface area contributed by atoms with Gasteiger partial charge in [0.25, 0.3) is 0 Å². The zero-order valence-corrected chi connectivity index (χ0v) is 8.32. The minimum absolute atomic E-state index is 0.0921. The quantitative estimate of drug-likeness (QED) is 0.654. The van der Waals surface area contributed by atoms with E-state index in [9.17, 15) is 9.18 Å². The van der Waals surface area contributed by atoms with Crippen LogP contribution in [0.1, 0.15) is 10.4 Å². The third-order valence-corrected chi connectivity index (χ3v) is 2.25. The van der Waals surface area contributed by atoms with Gasteiger partial charge in [-0.15, -0.1) is 0 Å². The SMILES string of the molecule is O=C(O)c1cc(F)c(B(O)O)cc1Br. The highest BCUT2D eigenvalue weighted by Gasteiger charge is 2.20. The van der Waals surface area contributed by atoms with Crippen LogP contribution in [0, 0.1) is 5.82 Å². The fourth-order valence-corrected chi connectivity index (χ4v) is 1.45. The maximum absolute atomic E-state index is 13.0. The summed E-state index contributed by atoms with van der Waals surface area (Å²) in [4.78, 5) is 10.5. The molecule has 0 radical (unpaired) electrons. The molecule has 1 rings (SSSR count). The van der Waals surface area contributed by atoms with E-state index >= 15 is 0 Å². The molecule has 0 aromatic heterocycles. The van der Waals surface area contributed by atoms with Gasteiger partial charge in [0.2, 0.25) is 0 Å². The van der Waals surface area contributed by atoms with Crippen molar-refractivity contribution in [2.45, 2.75) is 0 Å². The van der Waals surface area contributed by atoms with Gasteiger partial charge in [0, 0.05) is 9.94 Å². The van der Waals surface area contributed by atoms with Crippen LogP contribution < -0.4 is 5.46 Å². The Labute approximate surface area is 87.3 Å². The molecule has 0 aliphatic carbocycles. The minimum Gasteiger partial charge on any atom is -0.478 e. The van der Waals surface area contributed by atoms with Crippen LogP contribution in [0.25, 0.3) is 0 Å². The Morgan fingerprint density at radius 3 is 2.43 bits per heavy atom. The molecule has 74 valence electrons. The summed E-state index contributed by atoms with van der Waals surface area (Å²) in [5, 5.41) is 26.0. The summed E-state index contributed by atoms with van der Waals surface area (Å²) in [5.41, 5.74) is -0.645. The second-order valence-electron chi connectivity index (χ2n) is 2.53. The molecule has 3 N–H and O–H groups in total. The first-order valence-electron chi connectivity index (χ1n) is 3.52. The number of benzene rings is 1. The molecular weight excluding hydrogens is 258 g/mol. The Kier molecular flexibility index (Phi) is 3.25. The third-order valence-electron chi connectivity index (χ3n) is 1.59. The Bertz CT molecular complexity index is 382. The van der Waals surface area contributed by atoms with E-state index in [1.165, 1.54) is 0 Å². The first-order chi connectivity index (χ1) is 6.43. The van der Waals surface area contributed by atoms with Gasteiger partial charge in [0.1, 0.15) is 5.82 Å². The van der Waals surface area contributed by atoms with Crippen molar-refractivity contribution >= 4 is 34.5 Å². The minimum atomic E-state index is -1.96. The zero-order valence-electron chi connectivity index (χ0n) is 6.74. The van der Waals surface area contributed by atoms with E-state index < -0.39 is 18.9 Å². The Morgan fingerprint density at radius 1 is 1.43 bits per heavy atom. The molecule has 0 saturated heterocycles. The van der Waals surface area contributed by atoms with Gasteiger partial charge in [-0.1, -0.05) is 0 Å². The molecule has 0 atom stereocenters. The van der Waals surface area contributed by atoms with Crippen molar-refractivity contribution in [1.29, 1.82) is 0 Å². The van der Waals surface area contributed by atoms with Gasteiger partial charge in [-0.2, -0.15) is 0 Å². The number of hydrogen-bond acceptors (Lipinski definition) is 3. The fraction of sp³-hybridized carbons (Fsp3) is 0. The standard InChI is InChI=1S/C7H5BBrFO4/c9-5-2-4(8(13)14)6(10)1-3(5)7(11)12/h1-2,13-14H,(H,11,12). The fourth-order valence-electron chi connectivity index (χ4n) is 0.924. The van der Waals surface area contributed by atoms with Crippen LogP contribution in [0.2, 0.25) is 0 Å². The van der Waals surface area contributed by atoms with Crippen LogP contribution in [-0.2, 0) is 0 Å². The topological polar surface area (TPSA) is 77.8 Å². The number of aromatic carboxylic acids is 1. The summed E-state index contributed by atoms with van der Waals surface area (Å²) in [5.74, 6) is -2.27. The average molecular weight is 263 g/mol. The van der Waals surface area contributed by atoms with Crippen molar-refractivity contribution in [2.24, 2.45) is 0 Å². The molecule has 0 aliphatic heterocycles. The lowest BCUT2D eigenvalue weighted by Gasteiger charge is -2.04. The molecule has 0 fully saturated rings. The summed E-state index contributed by atoms with van der Waals surface area (Å²) in [6.07, 6.45) is 0. The summed E-state index contributed by atoms with van der Waals surface area (Å²) in [6.45, 7) is 0. The van der Waals surface area contributed by atoms with E-state index in [4.69, 9.17) is 15.2 Å². The summed E-state index contributed by atoms with van der Waals surface area (Å²) >= 11 is 2.88. The number of carboxylic acids is 1. The van der Waals surface area contributed by atoms with Gasteiger partial charge in [-0.3, -0.25) is 0 Å². The molecular formula is C7H5BBrFO4. The highest BCUT2D eigenvalue weighted by molar-refractivity contribution is 9.10. The van der Waals surface area contributed by atoms with Crippen molar-refractivity contribution < 1.29 is 24.3 Å². The van der Waals surface area contributed by atoms with Crippen LogP contribution in [-0.4, -0.2) is 28.2 Å². The number of halogens is 2. The monoisotopic (exact) mass is 262 g/mol. The highest BCUT2D eigenvalue weighted by atomic mass is 79.9. The third kappa shape index (κ3) is 2.12. The first kappa shape index (κ1) is 11.2. The summed E-state index contributed by atoms with van der Waals surface area (Å²) < 4.78 is 13.1. The molecule has 7 heteroatoms. The van der Waals surface area contributed by atoms with Crippen LogP contribution in [0.3, 0.4) is 0 Å². The van der Waals surface area contributed by atoms with E-state index in [-0.39, 0.29) is 15.5 Å². The van der Waals surface area contributed by atoms with Crippen LogP contribution in [0.15, 0.2) is 16.6 Å². The molecule has 0 spiro atoms. The van der Waals surface area contributed by atoms with Crippen molar-refractivity contribution in [3.63, 3.8) is 0 Å². The van der Waals surface area contributed by atoms with Crippen molar-refractivity contribution in [2.75, 3.05) is 0 Å². The summed E-state index contributed by atoms with van der Waals surface area (Å²) in [7, 11) is -1.96. The molecule has 0 heterocycles. The number of carboxylic acid groups (broad SMARTS) is 1. The second kappa shape index (κ2) is 4.08. The Morgan fingerprint density at radius 2 is 2.00 bits per heavy atom. The van der Waals surface area contributed by atoms with E-state index in [0.29, 0.717) is 0 Å². The summed E-state index contributed by atoms with van der Waals surface area (Å²) in [6, 6.07) is 1.74. The second-order valence-corrected chi connectivity index (χ2v) is 3.39. The highest BCUT2D eigenvalue weighted by Crippen LogP contribution is 2.16. The van der Waals surface area contributed by atoms with Gasteiger partial charge >= 0.3 is 13.1 Å². The van der Waals surface area contributed by atoms with Crippen LogP contribution >= 0.6 is 15.9 Å². The van der Waals surface area contributed by atoms with Gasteiger partial charge in [-0.25, -0.2) is 9.18 Å². The van der Waals surface area contributed by atoms with E-state index in [1.807, 2.05) is 0 Å². The maximum atomic E-state index is 13.0. The normalized spacial score (nSPS) is 10.0.